The lowest BCUT2D eigenvalue weighted by Crippen LogP contribution is -2.31. The van der Waals surface area contributed by atoms with Crippen molar-refractivity contribution in [3.8, 4) is 0 Å². The molecule has 1 aromatic heterocycles. The van der Waals surface area contributed by atoms with Crippen molar-refractivity contribution in [3.05, 3.63) is 101 Å². The van der Waals surface area contributed by atoms with Gasteiger partial charge in [-0.25, -0.2) is 13.2 Å². The molecule has 2 aromatic carbocycles. The Morgan fingerprint density at radius 1 is 1.00 bits per heavy atom. The zero-order chi connectivity index (χ0) is 20.7. The van der Waals surface area contributed by atoms with Crippen LogP contribution in [0.4, 0.5) is 18.9 Å². The Hall–Kier alpha value is -3.81. The summed E-state index contributed by atoms with van der Waals surface area (Å²) < 4.78 is 46.3. The lowest BCUT2D eigenvalue weighted by atomic mass is 9.95. The van der Waals surface area contributed by atoms with E-state index in [4.69, 9.17) is 4.42 Å². The molecule has 8 heteroatoms. The smallest absolute Gasteiger partial charge is 0.294 e. The number of carbonyl (C=O) groups is 2. The maximum atomic E-state index is 14.5. The van der Waals surface area contributed by atoms with Crippen molar-refractivity contribution < 1.29 is 32.3 Å². The fourth-order valence-corrected chi connectivity index (χ4v) is 3.26. The van der Waals surface area contributed by atoms with Crippen LogP contribution in [0.15, 0.2) is 76.6 Å². The third-order valence-electron chi connectivity index (χ3n) is 4.55. The molecule has 0 radical (unpaired) electrons. The van der Waals surface area contributed by atoms with Gasteiger partial charge in [-0.15, -0.1) is 0 Å². The van der Waals surface area contributed by atoms with Crippen LogP contribution in [0.2, 0.25) is 0 Å². The molecule has 1 amide bonds. The minimum absolute atomic E-state index is 0.145. The van der Waals surface area contributed by atoms with Gasteiger partial charge in [0.15, 0.2) is 11.5 Å². The standard InChI is InChI=1S/C21H12F3NO4/c22-12-5-3-11(4-6-12)18-17(19(26)16-2-1-9-29-16)20(27)21(28)25(18)15-8-7-13(23)10-14(15)24/h1-10,18,27H. The Morgan fingerprint density at radius 2 is 1.69 bits per heavy atom. The zero-order valence-electron chi connectivity index (χ0n) is 14.6. The second-order valence-corrected chi connectivity index (χ2v) is 6.29. The van der Waals surface area contributed by atoms with E-state index in [0.717, 1.165) is 29.2 Å². The SMILES string of the molecule is O=C(C1=C(O)C(=O)N(c2ccc(F)cc2F)C1c1ccc(F)cc1)c1ccco1. The summed E-state index contributed by atoms with van der Waals surface area (Å²) in [6.45, 7) is 0. The minimum atomic E-state index is -1.28. The number of Topliss-reactive ketones (excluding diaryl/α,β-unsaturated/α-hetero) is 1. The van der Waals surface area contributed by atoms with E-state index in [1.165, 1.54) is 30.5 Å². The number of rotatable bonds is 4. The van der Waals surface area contributed by atoms with Crippen LogP contribution in [0, 0.1) is 17.5 Å². The van der Waals surface area contributed by atoms with Crippen molar-refractivity contribution in [2.45, 2.75) is 6.04 Å². The molecule has 4 rings (SSSR count). The molecule has 0 spiro atoms. The van der Waals surface area contributed by atoms with Gasteiger partial charge in [0.1, 0.15) is 17.5 Å². The monoisotopic (exact) mass is 399 g/mol. The average molecular weight is 399 g/mol. The average Bonchev–Trinajstić information content (AvgIpc) is 3.31. The summed E-state index contributed by atoms with van der Waals surface area (Å²) in [6, 6.07) is 8.86. The molecule has 0 fully saturated rings. The molecule has 3 aromatic rings. The van der Waals surface area contributed by atoms with Crippen LogP contribution in [0.1, 0.15) is 22.2 Å². The number of furan rings is 1. The molecule has 1 aliphatic heterocycles. The van der Waals surface area contributed by atoms with Crippen LogP contribution in [0.3, 0.4) is 0 Å². The maximum absolute atomic E-state index is 14.5. The topological polar surface area (TPSA) is 70.8 Å². The number of ketones is 1. The minimum Gasteiger partial charge on any atom is -0.503 e. The van der Waals surface area contributed by atoms with Crippen LogP contribution in [0.5, 0.6) is 0 Å². The van der Waals surface area contributed by atoms with E-state index >= 15 is 0 Å². The number of nitrogens with zero attached hydrogens (tertiary/aromatic N) is 1. The number of benzene rings is 2. The van der Waals surface area contributed by atoms with Gasteiger partial charge in [-0.1, -0.05) is 12.1 Å². The highest BCUT2D eigenvalue weighted by Crippen LogP contribution is 2.42. The van der Waals surface area contributed by atoms with Gasteiger partial charge in [0.2, 0.25) is 5.78 Å². The molecule has 0 bridgehead atoms. The van der Waals surface area contributed by atoms with Crippen LogP contribution in [-0.4, -0.2) is 16.8 Å². The highest BCUT2D eigenvalue weighted by Gasteiger charge is 2.46. The Morgan fingerprint density at radius 3 is 2.31 bits per heavy atom. The van der Waals surface area contributed by atoms with Gasteiger partial charge >= 0.3 is 0 Å². The molecule has 0 aliphatic carbocycles. The summed E-state index contributed by atoms with van der Waals surface area (Å²) >= 11 is 0. The summed E-state index contributed by atoms with van der Waals surface area (Å²) in [6.07, 6.45) is 1.24. The van der Waals surface area contributed by atoms with E-state index in [0.29, 0.717) is 6.07 Å². The van der Waals surface area contributed by atoms with E-state index in [1.54, 1.807) is 0 Å². The van der Waals surface area contributed by atoms with Gasteiger partial charge in [0.05, 0.1) is 23.6 Å². The summed E-state index contributed by atoms with van der Waals surface area (Å²) in [4.78, 5) is 26.5. The van der Waals surface area contributed by atoms with Gasteiger partial charge in [-0.05, 0) is 42.0 Å². The van der Waals surface area contributed by atoms with Crippen molar-refractivity contribution in [2.75, 3.05) is 4.90 Å². The van der Waals surface area contributed by atoms with Gasteiger partial charge in [-0.3, -0.25) is 14.5 Å². The third-order valence-corrected chi connectivity index (χ3v) is 4.55. The third kappa shape index (κ3) is 3.08. The highest BCUT2D eigenvalue weighted by atomic mass is 19.1. The molecule has 2 heterocycles. The molecular weight excluding hydrogens is 387 g/mol. The lowest BCUT2D eigenvalue weighted by molar-refractivity contribution is -0.117. The first-order valence-electron chi connectivity index (χ1n) is 8.44. The maximum Gasteiger partial charge on any atom is 0.294 e. The van der Waals surface area contributed by atoms with Crippen molar-refractivity contribution in [3.63, 3.8) is 0 Å². The number of amides is 1. The second-order valence-electron chi connectivity index (χ2n) is 6.29. The van der Waals surface area contributed by atoms with Gasteiger partial charge in [0, 0.05) is 6.07 Å². The van der Waals surface area contributed by atoms with E-state index in [9.17, 15) is 27.9 Å². The van der Waals surface area contributed by atoms with Gasteiger partial charge in [0.25, 0.3) is 5.91 Å². The Kier molecular flexibility index (Phi) is 4.46. The predicted molar refractivity (Wildman–Crippen MR) is 95.7 cm³/mol. The molecule has 146 valence electrons. The summed E-state index contributed by atoms with van der Waals surface area (Å²) in [5, 5.41) is 10.4. The summed E-state index contributed by atoms with van der Waals surface area (Å²) in [7, 11) is 0. The normalized spacial score (nSPS) is 16.6. The van der Waals surface area contributed by atoms with E-state index in [1.807, 2.05) is 0 Å². The van der Waals surface area contributed by atoms with Crippen LogP contribution >= 0.6 is 0 Å². The summed E-state index contributed by atoms with van der Waals surface area (Å²) in [5.74, 6) is -5.38. The summed E-state index contributed by atoms with van der Waals surface area (Å²) in [5.41, 5.74) is -0.470. The molecule has 1 aliphatic rings. The van der Waals surface area contributed by atoms with E-state index in [-0.39, 0.29) is 22.6 Å². The van der Waals surface area contributed by atoms with Gasteiger partial charge < -0.3 is 9.52 Å². The van der Waals surface area contributed by atoms with E-state index in [2.05, 4.69) is 0 Å². The molecule has 1 N–H and O–H groups in total. The quantitative estimate of drug-likeness (QED) is 0.657. The number of hydrogen-bond donors (Lipinski definition) is 1. The largest absolute Gasteiger partial charge is 0.503 e. The number of carbonyl (C=O) groups excluding carboxylic acids is 2. The van der Waals surface area contributed by atoms with Crippen LogP contribution in [-0.2, 0) is 4.79 Å². The molecule has 1 atom stereocenters. The van der Waals surface area contributed by atoms with Crippen LogP contribution in [0.25, 0.3) is 0 Å². The number of halogens is 3. The molecular formula is C21H12F3NO4. The second kappa shape index (κ2) is 6.97. The molecule has 5 nitrogen and oxygen atoms in total. The predicted octanol–water partition coefficient (Wildman–Crippen LogP) is 4.48. The number of anilines is 1. The zero-order valence-corrected chi connectivity index (χ0v) is 14.6. The first-order valence-corrected chi connectivity index (χ1v) is 8.44. The number of hydrogen-bond acceptors (Lipinski definition) is 4. The molecule has 0 saturated heterocycles. The van der Waals surface area contributed by atoms with Crippen molar-refractivity contribution in [1.29, 1.82) is 0 Å². The van der Waals surface area contributed by atoms with Crippen LogP contribution < -0.4 is 4.90 Å². The Balaban J connectivity index is 1.91. The first kappa shape index (κ1) is 18.5. The molecule has 1 unspecified atom stereocenters. The number of aliphatic hydroxyl groups excluding tert-OH is 1. The van der Waals surface area contributed by atoms with E-state index < -0.39 is 40.9 Å². The molecule has 0 saturated carbocycles. The lowest BCUT2D eigenvalue weighted by Gasteiger charge is -2.27. The molecule has 29 heavy (non-hydrogen) atoms. The van der Waals surface area contributed by atoms with Crippen molar-refractivity contribution in [2.24, 2.45) is 0 Å². The first-order chi connectivity index (χ1) is 13.9. The Labute approximate surface area is 162 Å². The highest BCUT2D eigenvalue weighted by molar-refractivity contribution is 6.20. The fraction of sp³-hybridized carbons (Fsp3) is 0.0476. The fourth-order valence-electron chi connectivity index (χ4n) is 3.26. The number of aliphatic hydroxyl groups is 1. The van der Waals surface area contributed by atoms with Gasteiger partial charge in [-0.2, -0.15) is 0 Å². The van der Waals surface area contributed by atoms with Crippen molar-refractivity contribution >= 4 is 17.4 Å². The Bertz CT molecular complexity index is 1140. The van der Waals surface area contributed by atoms with Crippen molar-refractivity contribution in [1.82, 2.24) is 0 Å².